The van der Waals surface area contributed by atoms with E-state index >= 15 is 0 Å². The molecule has 2 bridgehead atoms. The standard InChI is InChI=1S/C38H34N2O6/c1-2-3-17-30(38(44)45-22-31(41)39-23-18-20-25(21-19-23)46-24-11-5-4-6-12-24)40-36(42)34-32-26-13-7-8-14-27(26)33(35(34)37(40)43)29-16-10-9-15-28(29)32/h4-16,18-21,30,32-35H,2-3,17,22H2,1H3,(H,39,41)/t30-,32?,33?,34-,35+/m1/s1. The molecular formula is C38H34N2O6. The van der Waals surface area contributed by atoms with Gasteiger partial charge in [-0.25, -0.2) is 4.79 Å². The summed E-state index contributed by atoms with van der Waals surface area (Å²) in [5.41, 5.74) is 4.78. The largest absolute Gasteiger partial charge is 0.457 e. The number of likely N-dealkylation sites (tertiary alicyclic amines) is 1. The van der Waals surface area contributed by atoms with Gasteiger partial charge < -0.3 is 14.8 Å². The van der Waals surface area contributed by atoms with E-state index in [0.29, 0.717) is 23.6 Å². The first-order chi connectivity index (χ1) is 22.5. The van der Waals surface area contributed by atoms with Gasteiger partial charge >= 0.3 is 5.97 Å². The van der Waals surface area contributed by atoms with Crippen molar-refractivity contribution in [3.8, 4) is 11.5 Å². The monoisotopic (exact) mass is 614 g/mol. The fourth-order valence-electron chi connectivity index (χ4n) is 7.42. The highest BCUT2D eigenvalue weighted by molar-refractivity contribution is 6.10. The van der Waals surface area contributed by atoms with Crippen molar-refractivity contribution in [2.75, 3.05) is 11.9 Å². The Bertz CT molecular complexity index is 1690. The van der Waals surface area contributed by atoms with Gasteiger partial charge in [-0.05, 0) is 65.1 Å². The molecule has 4 aliphatic rings. The summed E-state index contributed by atoms with van der Waals surface area (Å²) in [6.45, 7) is 1.43. The topological polar surface area (TPSA) is 102 Å². The van der Waals surface area contributed by atoms with Gasteiger partial charge in [-0.2, -0.15) is 0 Å². The molecule has 4 aromatic rings. The smallest absolute Gasteiger partial charge is 0.329 e. The number of nitrogens with one attached hydrogen (secondary N) is 1. The van der Waals surface area contributed by atoms with E-state index in [2.05, 4.69) is 5.32 Å². The van der Waals surface area contributed by atoms with E-state index in [9.17, 15) is 19.2 Å². The summed E-state index contributed by atoms with van der Waals surface area (Å²) in [5, 5.41) is 2.72. The fourth-order valence-corrected chi connectivity index (χ4v) is 7.42. The van der Waals surface area contributed by atoms with Crippen LogP contribution in [0.5, 0.6) is 11.5 Å². The molecular weight excluding hydrogens is 580 g/mol. The lowest BCUT2D eigenvalue weighted by molar-refractivity contribution is -0.160. The number of hydrogen-bond acceptors (Lipinski definition) is 6. The van der Waals surface area contributed by atoms with Crippen LogP contribution in [0, 0.1) is 11.8 Å². The van der Waals surface area contributed by atoms with Gasteiger partial charge in [0.25, 0.3) is 5.91 Å². The molecule has 1 fully saturated rings. The lowest BCUT2D eigenvalue weighted by atomic mass is 9.55. The second kappa shape index (κ2) is 12.3. The Morgan fingerprint density at radius 3 is 1.74 bits per heavy atom. The number of carbonyl (C=O) groups is 4. The van der Waals surface area contributed by atoms with Gasteiger partial charge in [0.15, 0.2) is 6.61 Å². The molecule has 0 spiro atoms. The molecule has 46 heavy (non-hydrogen) atoms. The molecule has 1 saturated heterocycles. The average molecular weight is 615 g/mol. The maximum atomic E-state index is 14.2. The van der Waals surface area contributed by atoms with Gasteiger partial charge in [-0.15, -0.1) is 0 Å². The normalized spacial score (nSPS) is 21.2. The van der Waals surface area contributed by atoms with Gasteiger partial charge in [-0.1, -0.05) is 86.5 Å². The maximum absolute atomic E-state index is 14.2. The third-order valence-corrected chi connectivity index (χ3v) is 9.36. The first-order valence-corrected chi connectivity index (χ1v) is 15.8. The predicted octanol–water partition coefficient (Wildman–Crippen LogP) is 6.41. The van der Waals surface area contributed by atoms with E-state index in [1.165, 1.54) is 0 Å². The molecule has 232 valence electrons. The summed E-state index contributed by atoms with van der Waals surface area (Å²) in [7, 11) is 0. The van der Waals surface area contributed by atoms with E-state index in [1.54, 1.807) is 24.3 Å². The molecule has 8 rings (SSSR count). The third kappa shape index (κ3) is 5.13. The molecule has 0 aromatic heterocycles. The fraction of sp³-hybridized carbons (Fsp3) is 0.263. The molecule has 0 saturated carbocycles. The number of hydrogen-bond donors (Lipinski definition) is 1. The second-order valence-corrected chi connectivity index (χ2v) is 12.1. The molecule has 1 N–H and O–H groups in total. The molecule has 8 nitrogen and oxygen atoms in total. The number of carbonyl (C=O) groups excluding carboxylic acids is 4. The number of rotatable bonds is 10. The number of para-hydroxylation sites is 1. The summed E-state index contributed by atoms with van der Waals surface area (Å²) in [5.74, 6) is -2.36. The Labute approximate surface area is 267 Å². The highest BCUT2D eigenvalue weighted by Gasteiger charge is 2.63. The van der Waals surface area contributed by atoms with Crippen LogP contribution in [0.4, 0.5) is 5.69 Å². The molecule has 1 aliphatic heterocycles. The summed E-state index contributed by atoms with van der Waals surface area (Å²) in [6, 6.07) is 31.1. The SMILES string of the molecule is CCCC[C@H](C(=O)OCC(=O)Nc1ccc(Oc2ccccc2)cc1)N1C(=O)[C@@H]2C3c4ccccc4C(c4ccccc43)[C@@H]2C1=O. The van der Waals surface area contributed by atoms with E-state index < -0.39 is 36.4 Å². The van der Waals surface area contributed by atoms with Gasteiger partial charge in [0.2, 0.25) is 11.8 Å². The maximum Gasteiger partial charge on any atom is 0.329 e. The Balaban J connectivity index is 1.06. The van der Waals surface area contributed by atoms with Crippen LogP contribution < -0.4 is 10.1 Å². The minimum absolute atomic E-state index is 0.262. The van der Waals surface area contributed by atoms with Crippen molar-refractivity contribution in [2.24, 2.45) is 11.8 Å². The Hall–Kier alpha value is -5.24. The van der Waals surface area contributed by atoms with Gasteiger partial charge in [0.1, 0.15) is 17.5 Å². The number of nitrogens with zero attached hydrogens (tertiary/aromatic N) is 1. The first kappa shape index (κ1) is 29.5. The zero-order valence-electron chi connectivity index (χ0n) is 25.4. The number of imide groups is 1. The van der Waals surface area contributed by atoms with Crippen LogP contribution in [0.25, 0.3) is 0 Å². The zero-order valence-corrected chi connectivity index (χ0v) is 25.4. The summed E-state index contributed by atoms with van der Waals surface area (Å²) in [4.78, 5) is 55.9. The van der Waals surface area contributed by atoms with Gasteiger partial charge in [0, 0.05) is 17.5 Å². The molecule has 0 unspecified atom stereocenters. The number of ether oxygens (including phenoxy) is 2. The molecule has 0 radical (unpaired) electrons. The Morgan fingerprint density at radius 1 is 0.717 bits per heavy atom. The third-order valence-electron chi connectivity index (χ3n) is 9.36. The van der Waals surface area contributed by atoms with Crippen molar-refractivity contribution in [2.45, 2.75) is 44.1 Å². The highest BCUT2D eigenvalue weighted by atomic mass is 16.5. The predicted molar refractivity (Wildman–Crippen MR) is 171 cm³/mol. The van der Waals surface area contributed by atoms with Crippen LogP contribution in [0.1, 0.15) is 60.3 Å². The van der Waals surface area contributed by atoms with E-state index in [1.807, 2.05) is 85.8 Å². The summed E-state index contributed by atoms with van der Waals surface area (Å²) < 4.78 is 11.3. The Morgan fingerprint density at radius 2 is 1.22 bits per heavy atom. The average Bonchev–Trinajstić information content (AvgIpc) is 3.35. The Kier molecular flexibility index (Phi) is 7.86. The number of unbranched alkanes of at least 4 members (excludes halogenated alkanes) is 1. The number of amides is 3. The first-order valence-electron chi connectivity index (χ1n) is 15.8. The molecule has 3 aliphatic carbocycles. The van der Waals surface area contributed by atoms with Crippen LogP contribution in [-0.2, 0) is 23.9 Å². The van der Waals surface area contributed by atoms with E-state index in [4.69, 9.17) is 9.47 Å². The van der Waals surface area contributed by atoms with Crippen LogP contribution in [0.3, 0.4) is 0 Å². The summed E-state index contributed by atoms with van der Waals surface area (Å²) in [6.07, 6.45) is 1.65. The van der Waals surface area contributed by atoms with Crippen LogP contribution in [0.2, 0.25) is 0 Å². The molecule has 4 aromatic carbocycles. The summed E-state index contributed by atoms with van der Waals surface area (Å²) >= 11 is 0. The second-order valence-electron chi connectivity index (χ2n) is 12.1. The lowest BCUT2D eigenvalue weighted by Gasteiger charge is -2.45. The van der Waals surface area contributed by atoms with Crippen molar-refractivity contribution in [3.63, 3.8) is 0 Å². The van der Waals surface area contributed by atoms with Crippen LogP contribution >= 0.6 is 0 Å². The number of anilines is 1. The molecule has 3 atom stereocenters. The lowest BCUT2D eigenvalue weighted by Crippen LogP contribution is -2.47. The van der Waals surface area contributed by atoms with E-state index in [0.717, 1.165) is 33.6 Å². The highest BCUT2D eigenvalue weighted by Crippen LogP contribution is 2.61. The number of esters is 1. The van der Waals surface area contributed by atoms with Gasteiger partial charge in [0.05, 0.1) is 11.8 Å². The molecule has 3 amide bonds. The molecule has 8 heteroatoms. The number of benzene rings is 4. The van der Waals surface area contributed by atoms with Crippen molar-refractivity contribution in [1.29, 1.82) is 0 Å². The quantitative estimate of drug-likeness (QED) is 0.164. The van der Waals surface area contributed by atoms with Crippen molar-refractivity contribution >= 4 is 29.4 Å². The zero-order chi connectivity index (χ0) is 31.8. The van der Waals surface area contributed by atoms with Gasteiger partial charge in [-0.3, -0.25) is 19.3 Å². The molecule has 1 heterocycles. The van der Waals surface area contributed by atoms with Crippen molar-refractivity contribution in [3.05, 3.63) is 125 Å². The van der Waals surface area contributed by atoms with E-state index in [-0.39, 0.29) is 30.1 Å². The van der Waals surface area contributed by atoms with Crippen molar-refractivity contribution in [1.82, 2.24) is 4.90 Å². The minimum Gasteiger partial charge on any atom is -0.457 e. The van der Waals surface area contributed by atoms with Crippen molar-refractivity contribution < 1.29 is 28.7 Å². The van der Waals surface area contributed by atoms with Crippen LogP contribution in [-0.4, -0.2) is 41.2 Å². The van der Waals surface area contributed by atoms with Crippen LogP contribution in [0.15, 0.2) is 103 Å². The minimum atomic E-state index is -1.10.